The lowest BCUT2D eigenvalue weighted by Gasteiger charge is -2.38. The number of aliphatic carboxylic acids is 1. The van der Waals surface area contributed by atoms with Crippen LogP contribution in [0.25, 0.3) is 0 Å². The van der Waals surface area contributed by atoms with Gasteiger partial charge in [-0.25, -0.2) is 4.79 Å². The first-order valence-electron chi connectivity index (χ1n) is 6.81. The van der Waals surface area contributed by atoms with E-state index in [4.69, 9.17) is 9.84 Å². The first-order chi connectivity index (χ1) is 10.6. The fraction of sp³-hybridized carbons (Fsp3) is 0.615. The Morgan fingerprint density at radius 2 is 1.87 bits per heavy atom. The number of amides is 2. The van der Waals surface area contributed by atoms with Gasteiger partial charge in [0.1, 0.15) is 18.3 Å². The summed E-state index contributed by atoms with van der Waals surface area (Å²) < 4.78 is 5.09. The van der Waals surface area contributed by atoms with Crippen molar-refractivity contribution in [2.24, 2.45) is 0 Å². The van der Waals surface area contributed by atoms with E-state index < -0.39 is 54.0 Å². The molecule has 1 rings (SSSR count). The highest BCUT2D eigenvalue weighted by atomic mass is 16.5. The van der Waals surface area contributed by atoms with Gasteiger partial charge in [-0.3, -0.25) is 9.59 Å². The zero-order valence-electron chi connectivity index (χ0n) is 12.6. The Morgan fingerprint density at radius 3 is 2.35 bits per heavy atom. The van der Waals surface area contributed by atoms with E-state index >= 15 is 0 Å². The van der Waals surface area contributed by atoms with Gasteiger partial charge in [-0.2, -0.15) is 0 Å². The SMILES string of the molecule is CC(=O)NC[C@@H](O)[C@@H](O)C1OC(C(=O)O)=CC(O)[C@H]1NC(C)=O. The van der Waals surface area contributed by atoms with Crippen LogP contribution in [0.5, 0.6) is 0 Å². The van der Waals surface area contributed by atoms with Crippen molar-refractivity contribution in [3.63, 3.8) is 0 Å². The van der Waals surface area contributed by atoms with E-state index in [0.717, 1.165) is 6.08 Å². The largest absolute Gasteiger partial charge is 0.478 e. The van der Waals surface area contributed by atoms with Gasteiger partial charge in [0.05, 0.1) is 6.04 Å². The lowest BCUT2D eigenvalue weighted by Crippen LogP contribution is -2.60. The Bertz CT molecular complexity index is 506. The number of nitrogens with one attached hydrogen (secondary N) is 2. The van der Waals surface area contributed by atoms with E-state index in [1.54, 1.807) is 0 Å². The van der Waals surface area contributed by atoms with E-state index in [0.29, 0.717) is 0 Å². The highest BCUT2D eigenvalue weighted by molar-refractivity contribution is 5.84. The number of carbonyl (C=O) groups is 3. The van der Waals surface area contributed by atoms with Crippen molar-refractivity contribution in [2.45, 2.75) is 44.3 Å². The molecule has 1 aliphatic heterocycles. The number of ether oxygens (including phenoxy) is 1. The number of aliphatic hydroxyl groups excluding tert-OH is 3. The Labute approximate surface area is 131 Å². The van der Waals surface area contributed by atoms with Crippen molar-refractivity contribution in [3.05, 3.63) is 11.8 Å². The molecule has 0 fully saturated rings. The van der Waals surface area contributed by atoms with E-state index in [-0.39, 0.29) is 6.54 Å². The van der Waals surface area contributed by atoms with Crippen LogP contribution < -0.4 is 10.6 Å². The van der Waals surface area contributed by atoms with Crippen molar-refractivity contribution in [2.75, 3.05) is 6.54 Å². The number of carboxylic acids is 1. The maximum absolute atomic E-state index is 11.2. The third kappa shape index (κ3) is 5.20. The number of rotatable bonds is 6. The predicted octanol–water partition coefficient (Wildman–Crippen LogP) is -2.92. The molecule has 0 bridgehead atoms. The van der Waals surface area contributed by atoms with E-state index in [1.165, 1.54) is 13.8 Å². The average molecular weight is 332 g/mol. The molecular weight excluding hydrogens is 312 g/mol. The molecule has 0 radical (unpaired) electrons. The van der Waals surface area contributed by atoms with Gasteiger partial charge in [-0.15, -0.1) is 0 Å². The Balaban J connectivity index is 2.96. The molecule has 1 aliphatic rings. The van der Waals surface area contributed by atoms with Gasteiger partial charge >= 0.3 is 5.97 Å². The molecule has 2 unspecified atom stereocenters. The van der Waals surface area contributed by atoms with Crippen molar-refractivity contribution in [3.8, 4) is 0 Å². The number of hydrogen-bond donors (Lipinski definition) is 6. The van der Waals surface area contributed by atoms with E-state index in [2.05, 4.69) is 10.6 Å². The number of hydrogen-bond acceptors (Lipinski definition) is 7. The topological polar surface area (TPSA) is 165 Å². The molecule has 0 aliphatic carbocycles. The Hall–Kier alpha value is -2.17. The van der Waals surface area contributed by atoms with Gasteiger partial charge in [-0.1, -0.05) is 0 Å². The maximum atomic E-state index is 11.2. The summed E-state index contributed by atoms with van der Waals surface area (Å²) in [5.41, 5.74) is 0. The highest BCUT2D eigenvalue weighted by Gasteiger charge is 2.43. The first-order valence-corrected chi connectivity index (χ1v) is 6.81. The van der Waals surface area contributed by atoms with Crippen LogP contribution in [-0.2, 0) is 19.1 Å². The molecule has 10 nitrogen and oxygen atoms in total. The Kier molecular flexibility index (Phi) is 6.49. The van der Waals surface area contributed by atoms with Gasteiger partial charge in [0.15, 0.2) is 6.10 Å². The summed E-state index contributed by atoms with van der Waals surface area (Å²) in [6.07, 6.45) is -5.15. The van der Waals surface area contributed by atoms with Crippen LogP contribution in [0.4, 0.5) is 0 Å². The normalized spacial score (nSPS) is 26.3. The van der Waals surface area contributed by atoms with Crippen LogP contribution in [-0.4, -0.2) is 75.2 Å². The smallest absolute Gasteiger partial charge is 0.370 e. The molecule has 1 heterocycles. The summed E-state index contributed by atoms with van der Waals surface area (Å²) in [6, 6.07) is -1.17. The molecule has 0 aromatic carbocycles. The molecule has 23 heavy (non-hydrogen) atoms. The van der Waals surface area contributed by atoms with Crippen molar-refractivity contribution in [1.82, 2.24) is 10.6 Å². The molecule has 5 atom stereocenters. The molecule has 2 amide bonds. The maximum Gasteiger partial charge on any atom is 0.370 e. The van der Waals surface area contributed by atoms with Crippen molar-refractivity contribution in [1.29, 1.82) is 0 Å². The van der Waals surface area contributed by atoms with Crippen molar-refractivity contribution >= 4 is 17.8 Å². The third-order valence-corrected chi connectivity index (χ3v) is 3.18. The summed E-state index contributed by atoms with van der Waals surface area (Å²) in [6.45, 7) is 2.07. The van der Waals surface area contributed by atoms with Gasteiger partial charge in [0.25, 0.3) is 0 Å². The van der Waals surface area contributed by atoms with Gasteiger partial charge < -0.3 is 35.8 Å². The molecule has 0 saturated heterocycles. The first kappa shape index (κ1) is 18.9. The van der Waals surface area contributed by atoms with Crippen LogP contribution in [0.1, 0.15) is 13.8 Å². The van der Waals surface area contributed by atoms with E-state index in [1.807, 2.05) is 0 Å². The highest BCUT2D eigenvalue weighted by Crippen LogP contribution is 2.22. The van der Waals surface area contributed by atoms with Crippen LogP contribution in [0, 0.1) is 0 Å². The monoisotopic (exact) mass is 332 g/mol. The van der Waals surface area contributed by atoms with Gasteiger partial charge in [-0.05, 0) is 6.08 Å². The quantitative estimate of drug-likeness (QED) is 0.301. The third-order valence-electron chi connectivity index (χ3n) is 3.18. The minimum Gasteiger partial charge on any atom is -0.478 e. The standard InChI is InChI=1S/C13H20N2O8/c1-5(16)14-4-8(19)11(20)12-10(15-6(2)17)7(18)3-9(23-12)13(21)22/h3,7-8,10-12,18-20H,4H2,1-2H3,(H,14,16)(H,15,17)(H,21,22)/t7?,8-,10-,11-,12?/m1/s1. The molecule has 0 aromatic heterocycles. The lowest BCUT2D eigenvalue weighted by atomic mass is 9.93. The van der Waals surface area contributed by atoms with Crippen LogP contribution in [0.3, 0.4) is 0 Å². The summed E-state index contributed by atoms with van der Waals surface area (Å²) in [5.74, 6) is -3.07. The number of aliphatic hydroxyl groups is 3. The minimum absolute atomic E-state index is 0.314. The van der Waals surface area contributed by atoms with Gasteiger partial charge in [0, 0.05) is 20.4 Å². The lowest BCUT2D eigenvalue weighted by molar-refractivity contribution is -0.147. The fourth-order valence-electron chi connectivity index (χ4n) is 2.11. The van der Waals surface area contributed by atoms with Crippen LogP contribution >= 0.6 is 0 Å². The summed E-state index contributed by atoms with van der Waals surface area (Å²) >= 11 is 0. The zero-order valence-corrected chi connectivity index (χ0v) is 12.6. The van der Waals surface area contributed by atoms with Gasteiger partial charge in [0.2, 0.25) is 17.6 Å². The second-order valence-corrected chi connectivity index (χ2v) is 5.13. The zero-order chi connectivity index (χ0) is 17.7. The molecule has 0 spiro atoms. The number of carboxylic acid groups (broad SMARTS) is 1. The molecule has 10 heteroatoms. The number of carbonyl (C=O) groups excluding carboxylic acids is 2. The molecule has 0 saturated carbocycles. The second-order valence-electron chi connectivity index (χ2n) is 5.13. The second kappa shape index (κ2) is 7.90. The summed E-state index contributed by atoms with van der Waals surface area (Å²) in [7, 11) is 0. The molecule has 0 aromatic rings. The van der Waals surface area contributed by atoms with Crippen LogP contribution in [0.2, 0.25) is 0 Å². The van der Waals surface area contributed by atoms with E-state index in [9.17, 15) is 29.7 Å². The Morgan fingerprint density at radius 1 is 1.26 bits per heavy atom. The van der Waals surface area contributed by atoms with Crippen molar-refractivity contribution < 1.29 is 39.5 Å². The fourth-order valence-corrected chi connectivity index (χ4v) is 2.11. The molecular formula is C13H20N2O8. The average Bonchev–Trinajstić information content (AvgIpc) is 2.45. The van der Waals surface area contributed by atoms with Crippen LogP contribution in [0.15, 0.2) is 11.8 Å². The summed E-state index contributed by atoms with van der Waals surface area (Å²) in [4.78, 5) is 33.0. The molecule has 6 N–H and O–H groups in total. The minimum atomic E-state index is -1.67. The molecule has 130 valence electrons. The predicted molar refractivity (Wildman–Crippen MR) is 74.9 cm³/mol. The summed E-state index contributed by atoms with van der Waals surface area (Å²) in [5, 5.41) is 43.5.